The summed E-state index contributed by atoms with van der Waals surface area (Å²) in [7, 11) is 0. The number of carbonyl (C=O) groups is 1. The van der Waals surface area contributed by atoms with Gasteiger partial charge in [-0.25, -0.2) is 0 Å². The van der Waals surface area contributed by atoms with Gasteiger partial charge in [0, 0.05) is 5.56 Å². The van der Waals surface area contributed by atoms with Crippen LogP contribution in [0.25, 0.3) is 0 Å². The third kappa shape index (κ3) is 2.52. The SMILES string of the molecule is NC(C(=O)[O-])c1cccc2c1OC(F)(F)O2.[Li+]. The molecule has 1 aliphatic rings. The number of carbonyl (C=O) groups excluding carboxylic acids is 1. The van der Waals surface area contributed by atoms with E-state index < -0.39 is 18.3 Å². The van der Waals surface area contributed by atoms with Gasteiger partial charge >= 0.3 is 25.2 Å². The third-order valence-corrected chi connectivity index (χ3v) is 2.05. The molecule has 5 nitrogen and oxygen atoms in total. The molecule has 1 unspecified atom stereocenters. The molecule has 86 valence electrons. The maximum atomic E-state index is 12.7. The molecule has 1 aliphatic heterocycles. The van der Waals surface area contributed by atoms with Crippen LogP contribution in [0, 0.1) is 0 Å². The van der Waals surface area contributed by atoms with Crippen molar-refractivity contribution >= 4 is 5.97 Å². The summed E-state index contributed by atoms with van der Waals surface area (Å²) in [4.78, 5) is 10.5. The summed E-state index contributed by atoms with van der Waals surface area (Å²) in [6.45, 7) is 0. The van der Waals surface area contributed by atoms with E-state index in [1.807, 2.05) is 0 Å². The van der Waals surface area contributed by atoms with E-state index in [9.17, 15) is 18.7 Å². The van der Waals surface area contributed by atoms with E-state index in [4.69, 9.17) is 5.73 Å². The van der Waals surface area contributed by atoms with Crippen LogP contribution in [0.1, 0.15) is 11.6 Å². The first-order valence-corrected chi connectivity index (χ1v) is 4.26. The van der Waals surface area contributed by atoms with Crippen LogP contribution in [-0.4, -0.2) is 12.3 Å². The fourth-order valence-electron chi connectivity index (χ4n) is 1.36. The van der Waals surface area contributed by atoms with Crippen LogP contribution < -0.4 is 39.2 Å². The van der Waals surface area contributed by atoms with Crippen LogP contribution in [-0.2, 0) is 4.79 Å². The Bertz CT molecular complexity index is 455. The number of aliphatic carboxylic acids is 1. The number of ether oxygens (including phenoxy) is 2. The molecule has 1 aromatic carbocycles. The standard InChI is InChI=1S/C9H7F2NO4.Li/c10-9(11)15-5-3-1-2-4(7(5)16-9)6(12)8(13)14;/h1-3,6H,12H2,(H,13,14);/q;+1/p-1. The molecule has 0 amide bonds. The first-order chi connectivity index (χ1) is 7.41. The molecule has 0 bridgehead atoms. The van der Waals surface area contributed by atoms with Crippen molar-refractivity contribution in [3.05, 3.63) is 23.8 Å². The molecule has 0 aromatic heterocycles. The van der Waals surface area contributed by atoms with E-state index in [1.54, 1.807) is 0 Å². The molecule has 1 heterocycles. The fraction of sp³-hybridized carbons (Fsp3) is 0.222. The molecule has 0 saturated heterocycles. The summed E-state index contributed by atoms with van der Waals surface area (Å²) < 4.78 is 33.8. The van der Waals surface area contributed by atoms with E-state index in [1.165, 1.54) is 18.2 Å². The van der Waals surface area contributed by atoms with Crippen molar-refractivity contribution in [2.24, 2.45) is 5.73 Å². The van der Waals surface area contributed by atoms with Crippen LogP contribution in [0.4, 0.5) is 8.78 Å². The zero-order chi connectivity index (χ0) is 11.9. The Hall–Kier alpha value is -1.29. The number of halogens is 2. The van der Waals surface area contributed by atoms with Crippen molar-refractivity contribution in [3.63, 3.8) is 0 Å². The van der Waals surface area contributed by atoms with Gasteiger partial charge in [0.15, 0.2) is 11.5 Å². The molecule has 17 heavy (non-hydrogen) atoms. The third-order valence-electron chi connectivity index (χ3n) is 2.05. The summed E-state index contributed by atoms with van der Waals surface area (Å²) in [6, 6.07) is 2.26. The van der Waals surface area contributed by atoms with Gasteiger partial charge < -0.3 is 25.1 Å². The quantitative estimate of drug-likeness (QED) is 0.546. The molecule has 8 heteroatoms. The predicted octanol–water partition coefficient (Wildman–Crippen LogP) is -3.24. The Morgan fingerprint density at radius 1 is 1.41 bits per heavy atom. The van der Waals surface area contributed by atoms with Crippen molar-refractivity contribution in [3.8, 4) is 11.5 Å². The van der Waals surface area contributed by atoms with E-state index in [0.29, 0.717) is 0 Å². The number of hydrogen-bond donors (Lipinski definition) is 1. The van der Waals surface area contributed by atoms with Gasteiger partial charge in [0.05, 0.1) is 12.0 Å². The first kappa shape index (κ1) is 13.8. The minimum atomic E-state index is -3.80. The number of carboxylic acids is 1. The van der Waals surface area contributed by atoms with Crippen LogP contribution in [0.3, 0.4) is 0 Å². The van der Waals surface area contributed by atoms with Crippen molar-refractivity contribution < 1.29 is 47.0 Å². The molecule has 0 fully saturated rings. The molecular formula is C9H6F2LiNO4. The number of hydrogen-bond acceptors (Lipinski definition) is 5. The summed E-state index contributed by atoms with van der Waals surface area (Å²) in [5.74, 6) is -2.21. The second kappa shape index (κ2) is 4.53. The van der Waals surface area contributed by atoms with Crippen LogP contribution in [0.15, 0.2) is 18.2 Å². The van der Waals surface area contributed by atoms with Gasteiger partial charge in [0.25, 0.3) is 0 Å². The molecule has 0 saturated carbocycles. The topological polar surface area (TPSA) is 84.6 Å². The number of para-hydroxylation sites is 1. The van der Waals surface area contributed by atoms with Crippen molar-refractivity contribution in [1.82, 2.24) is 0 Å². The van der Waals surface area contributed by atoms with Gasteiger partial charge in [-0.2, -0.15) is 0 Å². The van der Waals surface area contributed by atoms with Gasteiger partial charge in [0.2, 0.25) is 0 Å². The molecular weight excluding hydrogens is 231 g/mol. The second-order valence-electron chi connectivity index (χ2n) is 3.14. The van der Waals surface area contributed by atoms with Gasteiger partial charge in [-0.15, -0.1) is 8.78 Å². The van der Waals surface area contributed by atoms with Gasteiger partial charge in [0.1, 0.15) is 0 Å². The van der Waals surface area contributed by atoms with Gasteiger partial charge in [-0.1, -0.05) is 12.1 Å². The smallest absolute Gasteiger partial charge is 0.548 e. The normalized spacial score (nSPS) is 17.1. The molecule has 0 radical (unpaired) electrons. The van der Waals surface area contributed by atoms with Crippen LogP contribution in [0.5, 0.6) is 11.5 Å². The monoisotopic (exact) mass is 237 g/mol. The fourth-order valence-corrected chi connectivity index (χ4v) is 1.36. The number of carboxylic acid groups (broad SMARTS) is 1. The van der Waals surface area contributed by atoms with E-state index >= 15 is 0 Å². The number of rotatable bonds is 2. The molecule has 2 N–H and O–H groups in total. The first-order valence-electron chi connectivity index (χ1n) is 4.26. The number of fused-ring (bicyclic) bond motifs is 1. The maximum Gasteiger partial charge on any atom is 1.00 e. The number of benzene rings is 1. The van der Waals surface area contributed by atoms with E-state index in [2.05, 4.69) is 9.47 Å². The van der Waals surface area contributed by atoms with E-state index in [0.717, 1.165) is 0 Å². The molecule has 0 aliphatic carbocycles. The minimum absolute atomic E-state index is 0. The van der Waals surface area contributed by atoms with Gasteiger partial charge in [-0.3, -0.25) is 0 Å². The molecule has 0 spiro atoms. The minimum Gasteiger partial charge on any atom is -0.548 e. The Balaban J connectivity index is 0.00000144. The maximum absolute atomic E-state index is 12.7. The summed E-state index contributed by atoms with van der Waals surface area (Å²) in [5.41, 5.74) is 5.14. The van der Waals surface area contributed by atoms with Crippen LogP contribution in [0.2, 0.25) is 0 Å². The van der Waals surface area contributed by atoms with Crippen molar-refractivity contribution in [2.45, 2.75) is 12.3 Å². The van der Waals surface area contributed by atoms with Crippen molar-refractivity contribution in [2.75, 3.05) is 0 Å². The Labute approximate surface area is 107 Å². The van der Waals surface area contributed by atoms with Gasteiger partial charge in [-0.05, 0) is 6.07 Å². The van der Waals surface area contributed by atoms with Crippen molar-refractivity contribution in [1.29, 1.82) is 0 Å². The molecule has 2 rings (SSSR count). The average Bonchev–Trinajstić information content (AvgIpc) is 2.49. The summed E-state index contributed by atoms with van der Waals surface area (Å²) in [6.07, 6.45) is -3.80. The number of alkyl halides is 2. The average molecular weight is 237 g/mol. The van der Waals surface area contributed by atoms with E-state index in [-0.39, 0.29) is 35.9 Å². The Morgan fingerprint density at radius 2 is 2.06 bits per heavy atom. The summed E-state index contributed by atoms with van der Waals surface area (Å²) >= 11 is 0. The number of nitrogens with two attached hydrogens (primary N) is 1. The zero-order valence-electron chi connectivity index (χ0n) is 8.78. The molecule has 1 atom stereocenters. The zero-order valence-corrected chi connectivity index (χ0v) is 8.78. The second-order valence-corrected chi connectivity index (χ2v) is 3.14. The summed E-state index contributed by atoms with van der Waals surface area (Å²) in [5, 5.41) is 10.5. The largest absolute Gasteiger partial charge is 1.00 e. The van der Waals surface area contributed by atoms with Crippen LogP contribution >= 0.6 is 0 Å². The predicted molar refractivity (Wildman–Crippen MR) is 44.6 cm³/mol. The molecule has 1 aromatic rings. The Morgan fingerprint density at radius 3 is 2.65 bits per heavy atom. The Kier molecular flexibility index (Phi) is 3.67.